The molecule has 3 rings (SSSR count). The lowest BCUT2D eigenvalue weighted by Crippen LogP contribution is -2.39. The minimum atomic E-state index is -0.274. The second-order valence-electron chi connectivity index (χ2n) is 5.40. The van der Waals surface area contributed by atoms with Crippen LogP contribution in [0.15, 0.2) is 40.9 Å². The number of nitrogens with zero attached hydrogens (tertiary/aromatic N) is 2. The van der Waals surface area contributed by atoms with Gasteiger partial charge in [-0.1, -0.05) is 23.4 Å². The van der Waals surface area contributed by atoms with Gasteiger partial charge in [0, 0.05) is 17.7 Å². The maximum atomic E-state index is 12.5. The summed E-state index contributed by atoms with van der Waals surface area (Å²) in [6, 6.07) is 10.8. The molecule has 6 heteroatoms. The van der Waals surface area contributed by atoms with Gasteiger partial charge in [-0.2, -0.15) is 0 Å². The van der Waals surface area contributed by atoms with E-state index in [2.05, 4.69) is 10.5 Å². The van der Waals surface area contributed by atoms with E-state index in [0.29, 0.717) is 17.1 Å². The Morgan fingerprint density at radius 1 is 1.32 bits per heavy atom. The van der Waals surface area contributed by atoms with Crippen molar-refractivity contribution in [2.75, 3.05) is 11.9 Å². The van der Waals surface area contributed by atoms with Crippen LogP contribution in [-0.2, 0) is 4.79 Å². The molecule has 2 amide bonds. The number of amides is 2. The quantitative estimate of drug-likeness (QED) is 0.918. The highest BCUT2D eigenvalue weighted by Gasteiger charge is 2.34. The first-order valence-electron chi connectivity index (χ1n) is 7.22. The monoisotopic (exact) mass is 299 g/mol. The molecule has 1 aromatic carbocycles. The Morgan fingerprint density at radius 3 is 2.64 bits per heavy atom. The molecule has 0 bridgehead atoms. The third-order valence-corrected chi connectivity index (χ3v) is 3.48. The fraction of sp³-hybridized carbons (Fsp3) is 0.312. The van der Waals surface area contributed by atoms with Crippen LogP contribution < -0.4 is 5.32 Å². The average Bonchev–Trinajstić information content (AvgIpc) is 3.28. The molecular weight excluding hydrogens is 282 g/mol. The van der Waals surface area contributed by atoms with Gasteiger partial charge in [-0.05, 0) is 31.9 Å². The van der Waals surface area contributed by atoms with Crippen LogP contribution in [0.1, 0.15) is 29.0 Å². The molecule has 114 valence electrons. The lowest BCUT2D eigenvalue weighted by atomic mass is 10.2. The Kier molecular flexibility index (Phi) is 3.91. The lowest BCUT2D eigenvalue weighted by molar-refractivity contribution is -0.117. The van der Waals surface area contributed by atoms with Crippen molar-refractivity contribution in [3.63, 3.8) is 0 Å². The fourth-order valence-electron chi connectivity index (χ4n) is 2.26. The molecule has 0 radical (unpaired) electrons. The number of benzene rings is 1. The number of nitrogens with one attached hydrogen (secondary N) is 1. The topological polar surface area (TPSA) is 75.4 Å². The Hall–Kier alpha value is -2.63. The smallest absolute Gasteiger partial charge is 0.254 e. The van der Waals surface area contributed by atoms with Crippen molar-refractivity contribution in [2.24, 2.45) is 0 Å². The van der Waals surface area contributed by atoms with E-state index < -0.39 is 0 Å². The zero-order chi connectivity index (χ0) is 15.5. The number of carbonyl (C=O) groups excluding carboxylic acids is 2. The van der Waals surface area contributed by atoms with Gasteiger partial charge >= 0.3 is 0 Å². The maximum Gasteiger partial charge on any atom is 0.254 e. The summed E-state index contributed by atoms with van der Waals surface area (Å²) >= 11 is 0. The van der Waals surface area contributed by atoms with E-state index in [4.69, 9.17) is 4.52 Å². The Balaban J connectivity index is 1.67. The van der Waals surface area contributed by atoms with Crippen LogP contribution in [0.25, 0.3) is 0 Å². The second kappa shape index (κ2) is 6.01. The molecule has 0 aliphatic heterocycles. The highest BCUT2D eigenvalue weighted by molar-refractivity contribution is 5.99. The lowest BCUT2D eigenvalue weighted by Gasteiger charge is -2.21. The highest BCUT2D eigenvalue weighted by atomic mass is 16.5. The minimum Gasteiger partial charge on any atom is -0.360 e. The zero-order valence-electron chi connectivity index (χ0n) is 12.3. The summed E-state index contributed by atoms with van der Waals surface area (Å²) in [5, 5.41) is 6.36. The summed E-state index contributed by atoms with van der Waals surface area (Å²) in [7, 11) is 0. The number of anilines is 1. The van der Waals surface area contributed by atoms with E-state index in [9.17, 15) is 9.59 Å². The first-order valence-corrected chi connectivity index (χ1v) is 7.22. The Morgan fingerprint density at radius 2 is 2.05 bits per heavy atom. The number of hydrogen-bond donors (Lipinski definition) is 1. The van der Waals surface area contributed by atoms with Crippen molar-refractivity contribution in [1.82, 2.24) is 10.1 Å². The predicted molar refractivity (Wildman–Crippen MR) is 80.4 cm³/mol. The highest BCUT2D eigenvalue weighted by Crippen LogP contribution is 2.28. The standard InChI is InChI=1S/C16H17N3O3/c1-11-9-14(18-22-11)17-15(20)10-19(13-7-8-13)16(21)12-5-3-2-4-6-12/h2-6,9,13H,7-8,10H2,1H3,(H,17,18,20). The molecule has 2 aromatic rings. The molecule has 1 N–H and O–H groups in total. The molecule has 0 unspecified atom stereocenters. The van der Waals surface area contributed by atoms with Gasteiger partial charge in [0.2, 0.25) is 5.91 Å². The average molecular weight is 299 g/mol. The largest absolute Gasteiger partial charge is 0.360 e. The molecule has 1 saturated carbocycles. The van der Waals surface area contributed by atoms with E-state index in [0.717, 1.165) is 12.8 Å². The van der Waals surface area contributed by atoms with Gasteiger partial charge in [0.1, 0.15) is 12.3 Å². The maximum absolute atomic E-state index is 12.5. The van der Waals surface area contributed by atoms with Gasteiger partial charge in [0.15, 0.2) is 5.82 Å². The third kappa shape index (κ3) is 3.33. The summed E-state index contributed by atoms with van der Waals surface area (Å²) < 4.78 is 4.90. The molecule has 1 aromatic heterocycles. The van der Waals surface area contributed by atoms with Gasteiger partial charge in [0.25, 0.3) is 5.91 Å². The zero-order valence-corrected chi connectivity index (χ0v) is 12.3. The molecule has 0 saturated heterocycles. The normalized spacial score (nSPS) is 13.7. The number of carbonyl (C=O) groups is 2. The molecular formula is C16H17N3O3. The van der Waals surface area contributed by atoms with Gasteiger partial charge in [-0.3, -0.25) is 9.59 Å². The molecule has 22 heavy (non-hydrogen) atoms. The number of aromatic nitrogens is 1. The van der Waals surface area contributed by atoms with E-state index in [1.54, 1.807) is 30.0 Å². The Labute approximate surface area is 128 Å². The van der Waals surface area contributed by atoms with Crippen molar-refractivity contribution in [3.8, 4) is 0 Å². The molecule has 0 atom stereocenters. The number of rotatable bonds is 5. The van der Waals surface area contributed by atoms with Gasteiger partial charge in [-0.25, -0.2) is 0 Å². The van der Waals surface area contributed by atoms with Gasteiger partial charge in [0.05, 0.1) is 0 Å². The number of aryl methyl sites for hydroxylation is 1. The first-order chi connectivity index (χ1) is 10.6. The molecule has 1 heterocycles. The molecule has 1 aliphatic rings. The summed E-state index contributed by atoms with van der Waals surface area (Å²) in [6.45, 7) is 1.77. The van der Waals surface area contributed by atoms with Gasteiger partial charge < -0.3 is 14.7 Å². The van der Waals surface area contributed by atoms with E-state index >= 15 is 0 Å². The molecule has 1 fully saturated rings. The van der Waals surface area contributed by atoms with Crippen molar-refractivity contribution in [3.05, 3.63) is 47.7 Å². The minimum absolute atomic E-state index is 0.0182. The van der Waals surface area contributed by atoms with Crippen molar-refractivity contribution < 1.29 is 14.1 Å². The van der Waals surface area contributed by atoms with Crippen LogP contribution in [0.5, 0.6) is 0 Å². The van der Waals surface area contributed by atoms with Crippen molar-refractivity contribution in [2.45, 2.75) is 25.8 Å². The summed E-state index contributed by atoms with van der Waals surface area (Å²) in [4.78, 5) is 26.3. The summed E-state index contributed by atoms with van der Waals surface area (Å²) in [5.74, 6) is 0.596. The second-order valence-corrected chi connectivity index (χ2v) is 5.40. The van der Waals surface area contributed by atoms with Crippen LogP contribution in [0.4, 0.5) is 5.82 Å². The fourth-order valence-corrected chi connectivity index (χ4v) is 2.26. The predicted octanol–water partition coefficient (Wildman–Crippen LogP) is 2.23. The van der Waals surface area contributed by atoms with E-state index in [1.807, 2.05) is 18.2 Å². The van der Waals surface area contributed by atoms with Crippen LogP contribution >= 0.6 is 0 Å². The molecule has 1 aliphatic carbocycles. The summed E-state index contributed by atoms with van der Waals surface area (Å²) in [6.07, 6.45) is 1.88. The van der Waals surface area contributed by atoms with Crippen LogP contribution in [0.3, 0.4) is 0 Å². The molecule has 0 spiro atoms. The summed E-state index contributed by atoms with van der Waals surface area (Å²) in [5.41, 5.74) is 0.597. The third-order valence-electron chi connectivity index (χ3n) is 3.48. The van der Waals surface area contributed by atoms with Gasteiger partial charge in [-0.15, -0.1) is 0 Å². The van der Waals surface area contributed by atoms with E-state index in [-0.39, 0.29) is 24.4 Å². The first kappa shape index (κ1) is 14.3. The van der Waals surface area contributed by atoms with Crippen LogP contribution in [0.2, 0.25) is 0 Å². The van der Waals surface area contributed by atoms with Crippen molar-refractivity contribution in [1.29, 1.82) is 0 Å². The SMILES string of the molecule is Cc1cc(NC(=O)CN(C(=O)c2ccccc2)C2CC2)no1. The number of hydrogen-bond acceptors (Lipinski definition) is 4. The molecule has 6 nitrogen and oxygen atoms in total. The van der Waals surface area contributed by atoms with Crippen molar-refractivity contribution >= 4 is 17.6 Å². The van der Waals surface area contributed by atoms with Crippen LogP contribution in [-0.4, -0.2) is 34.5 Å². The van der Waals surface area contributed by atoms with Crippen LogP contribution in [0, 0.1) is 6.92 Å². The van der Waals surface area contributed by atoms with E-state index in [1.165, 1.54) is 0 Å². The Bertz CT molecular complexity index is 677.